The van der Waals surface area contributed by atoms with Gasteiger partial charge in [-0.2, -0.15) is 0 Å². The summed E-state index contributed by atoms with van der Waals surface area (Å²) in [6.07, 6.45) is 3.29. The van der Waals surface area contributed by atoms with E-state index in [2.05, 4.69) is 4.72 Å². The second-order valence-electron chi connectivity index (χ2n) is 5.18. The Kier molecular flexibility index (Phi) is 3.94. The van der Waals surface area contributed by atoms with Crippen LogP contribution < -0.4 is 10.5 Å². The summed E-state index contributed by atoms with van der Waals surface area (Å²) in [5.74, 6) is -0.694. The average molecular weight is 286 g/mol. The molecule has 0 unspecified atom stereocenters. The van der Waals surface area contributed by atoms with Crippen molar-refractivity contribution in [3.8, 4) is 0 Å². The molecule has 1 aromatic carbocycles. The van der Waals surface area contributed by atoms with E-state index >= 15 is 0 Å². The summed E-state index contributed by atoms with van der Waals surface area (Å²) < 4.78 is 41.2. The number of rotatable bonds is 4. The van der Waals surface area contributed by atoms with Crippen LogP contribution in [0.1, 0.15) is 31.2 Å². The van der Waals surface area contributed by atoms with Crippen molar-refractivity contribution in [2.75, 3.05) is 6.54 Å². The van der Waals surface area contributed by atoms with Crippen LogP contribution in [0.5, 0.6) is 0 Å². The Bertz CT molecular complexity index is 566. The lowest BCUT2D eigenvalue weighted by atomic mass is 10.0. The molecule has 1 fully saturated rings. The van der Waals surface area contributed by atoms with E-state index in [4.69, 9.17) is 5.73 Å². The average Bonchev–Trinajstić information content (AvgIpc) is 2.81. The van der Waals surface area contributed by atoms with Gasteiger partial charge in [-0.15, -0.1) is 0 Å². The third-order valence-electron chi connectivity index (χ3n) is 3.75. The van der Waals surface area contributed by atoms with Crippen LogP contribution >= 0.6 is 0 Å². The number of benzene rings is 1. The lowest BCUT2D eigenvalue weighted by Crippen LogP contribution is -2.51. The minimum absolute atomic E-state index is 0.236. The molecule has 1 aliphatic carbocycles. The highest BCUT2D eigenvalue weighted by Crippen LogP contribution is 2.31. The second-order valence-corrected chi connectivity index (χ2v) is 6.83. The molecule has 0 aliphatic heterocycles. The van der Waals surface area contributed by atoms with Crippen molar-refractivity contribution >= 4 is 10.0 Å². The van der Waals surface area contributed by atoms with Gasteiger partial charge in [0.05, 0.1) is 0 Å². The molecule has 4 nitrogen and oxygen atoms in total. The van der Waals surface area contributed by atoms with E-state index < -0.39 is 21.4 Å². The van der Waals surface area contributed by atoms with Crippen LogP contribution in [0.4, 0.5) is 4.39 Å². The summed E-state index contributed by atoms with van der Waals surface area (Å²) in [5, 5.41) is 0. The van der Waals surface area contributed by atoms with Crippen molar-refractivity contribution in [2.24, 2.45) is 5.73 Å². The predicted molar refractivity (Wildman–Crippen MR) is 71.7 cm³/mol. The molecule has 3 N–H and O–H groups in total. The van der Waals surface area contributed by atoms with Gasteiger partial charge in [0, 0.05) is 12.1 Å². The number of nitrogens with one attached hydrogen (secondary N) is 1. The molecule has 2 rings (SSSR count). The van der Waals surface area contributed by atoms with Crippen molar-refractivity contribution in [1.82, 2.24) is 4.72 Å². The first-order valence-corrected chi connectivity index (χ1v) is 7.88. The molecule has 0 spiro atoms. The van der Waals surface area contributed by atoms with Crippen LogP contribution in [-0.4, -0.2) is 20.5 Å². The monoisotopic (exact) mass is 286 g/mol. The molecule has 0 heterocycles. The SMILES string of the molecule is Cc1cccc(S(=O)(=O)NC2(CN)CCCC2)c1F. The van der Waals surface area contributed by atoms with Gasteiger partial charge < -0.3 is 5.73 Å². The summed E-state index contributed by atoms with van der Waals surface area (Å²) in [5.41, 5.74) is 5.40. The minimum Gasteiger partial charge on any atom is -0.329 e. The highest BCUT2D eigenvalue weighted by Gasteiger charge is 2.37. The maximum absolute atomic E-state index is 13.9. The summed E-state index contributed by atoms with van der Waals surface area (Å²) >= 11 is 0. The molecule has 19 heavy (non-hydrogen) atoms. The van der Waals surface area contributed by atoms with Crippen molar-refractivity contribution in [2.45, 2.75) is 43.0 Å². The Morgan fingerprint density at radius 1 is 1.37 bits per heavy atom. The molecule has 0 saturated heterocycles. The van der Waals surface area contributed by atoms with E-state index in [9.17, 15) is 12.8 Å². The van der Waals surface area contributed by atoms with Crippen molar-refractivity contribution in [3.05, 3.63) is 29.6 Å². The van der Waals surface area contributed by atoms with Gasteiger partial charge in [0.1, 0.15) is 10.7 Å². The first-order valence-electron chi connectivity index (χ1n) is 6.39. The number of nitrogens with two attached hydrogens (primary N) is 1. The first-order chi connectivity index (χ1) is 8.90. The van der Waals surface area contributed by atoms with Crippen LogP contribution in [0.2, 0.25) is 0 Å². The molecule has 1 saturated carbocycles. The van der Waals surface area contributed by atoms with E-state index in [-0.39, 0.29) is 11.4 Å². The third kappa shape index (κ3) is 2.80. The maximum atomic E-state index is 13.9. The zero-order valence-electron chi connectivity index (χ0n) is 10.9. The van der Waals surface area contributed by atoms with Crippen molar-refractivity contribution in [3.63, 3.8) is 0 Å². The number of aryl methyl sites for hydroxylation is 1. The molecule has 0 amide bonds. The van der Waals surface area contributed by atoms with Gasteiger partial charge in [-0.1, -0.05) is 25.0 Å². The summed E-state index contributed by atoms with van der Waals surface area (Å²) in [4.78, 5) is -0.299. The zero-order chi connectivity index (χ0) is 14.1. The molecular weight excluding hydrogens is 267 g/mol. The standard InChI is InChI=1S/C13H19FN2O2S/c1-10-5-4-6-11(12(10)14)19(17,18)16-13(9-15)7-2-3-8-13/h4-6,16H,2-3,7-9,15H2,1H3. The van der Waals surface area contributed by atoms with E-state index in [0.717, 1.165) is 12.8 Å². The first kappa shape index (κ1) is 14.4. The highest BCUT2D eigenvalue weighted by atomic mass is 32.2. The maximum Gasteiger partial charge on any atom is 0.244 e. The fraction of sp³-hybridized carbons (Fsp3) is 0.538. The molecule has 1 aliphatic rings. The summed E-state index contributed by atoms with van der Waals surface area (Å²) in [6.45, 7) is 1.78. The van der Waals surface area contributed by atoms with Gasteiger partial charge in [0.15, 0.2) is 0 Å². The van der Waals surface area contributed by atoms with Crippen LogP contribution in [0, 0.1) is 12.7 Å². The smallest absolute Gasteiger partial charge is 0.244 e. The predicted octanol–water partition coefficient (Wildman–Crippen LogP) is 1.68. The zero-order valence-corrected chi connectivity index (χ0v) is 11.8. The van der Waals surface area contributed by atoms with Gasteiger partial charge in [-0.3, -0.25) is 0 Å². The number of halogens is 1. The normalized spacial score (nSPS) is 18.7. The number of hydrogen-bond donors (Lipinski definition) is 2. The largest absolute Gasteiger partial charge is 0.329 e. The van der Waals surface area contributed by atoms with E-state index in [0.29, 0.717) is 18.4 Å². The van der Waals surface area contributed by atoms with E-state index in [1.54, 1.807) is 13.0 Å². The van der Waals surface area contributed by atoms with Gasteiger partial charge >= 0.3 is 0 Å². The van der Waals surface area contributed by atoms with Crippen LogP contribution in [0.15, 0.2) is 23.1 Å². The molecule has 0 bridgehead atoms. The molecule has 0 atom stereocenters. The molecule has 1 aromatic rings. The lowest BCUT2D eigenvalue weighted by Gasteiger charge is -2.28. The van der Waals surface area contributed by atoms with Gasteiger partial charge in [0.25, 0.3) is 0 Å². The highest BCUT2D eigenvalue weighted by molar-refractivity contribution is 7.89. The molecule has 6 heteroatoms. The van der Waals surface area contributed by atoms with Crippen LogP contribution in [-0.2, 0) is 10.0 Å². The van der Waals surface area contributed by atoms with Crippen LogP contribution in [0.3, 0.4) is 0 Å². The van der Waals surface area contributed by atoms with E-state index in [1.165, 1.54) is 12.1 Å². The number of sulfonamides is 1. The lowest BCUT2D eigenvalue weighted by molar-refractivity contribution is 0.398. The Labute approximate surface area is 113 Å². The van der Waals surface area contributed by atoms with Crippen LogP contribution in [0.25, 0.3) is 0 Å². The number of hydrogen-bond acceptors (Lipinski definition) is 3. The molecule has 0 radical (unpaired) electrons. The Morgan fingerprint density at radius 3 is 2.58 bits per heavy atom. The molecular formula is C13H19FN2O2S. The Balaban J connectivity index is 2.35. The summed E-state index contributed by atoms with van der Waals surface area (Å²) in [6, 6.07) is 4.36. The molecule has 0 aromatic heterocycles. The molecule has 106 valence electrons. The third-order valence-corrected chi connectivity index (χ3v) is 5.34. The topological polar surface area (TPSA) is 72.2 Å². The quantitative estimate of drug-likeness (QED) is 0.884. The van der Waals surface area contributed by atoms with Crippen molar-refractivity contribution < 1.29 is 12.8 Å². The Morgan fingerprint density at radius 2 is 2.00 bits per heavy atom. The van der Waals surface area contributed by atoms with Crippen molar-refractivity contribution in [1.29, 1.82) is 0 Å². The van der Waals surface area contributed by atoms with E-state index in [1.807, 2.05) is 0 Å². The second kappa shape index (κ2) is 5.19. The van der Waals surface area contributed by atoms with Gasteiger partial charge in [0.2, 0.25) is 10.0 Å². The fourth-order valence-electron chi connectivity index (χ4n) is 2.57. The summed E-state index contributed by atoms with van der Waals surface area (Å²) in [7, 11) is -3.87. The Hall–Kier alpha value is -0.980. The minimum atomic E-state index is -3.87. The fourth-order valence-corrected chi connectivity index (χ4v) is 4.19. The van der Waals surface area contributed by atoms with Gasteiger partial charge in [-0.05, 0) is 31.4 Å². The van der Waals surface area contributed by atoms with Gasteiger partial charge in [-0.25, -0.2) is 17.5 Å².